The van der Waals surface area contributed by atoms with Crippen LogP contribution in [-0.4, -0.2) is 23.4 Å². The van der Waals surface area contributed by atoms with E-state index in [-0.39, 0.29) is 16.1 Å². The summed E-state index contributed by atoms with van der Waals surface area (Å²) in [5.41, 5.74) is -3.05. The van der Waals surface area contributed by atoms with E-state index in [4.69, 9.17) is 5.84 Å². The van der Waals surface area contributed by atoms with Crippen molar-refractivity contribution in [2.75, 3.05) is 5.84 Å². The zero-order valence-corrected chi connectivity index (χ0v) is 14.2. The molecule has 0 spiro atoms. The molecule has 2 aromatic carbocycles. The highest BCUT2D eigenvalue weighted by Crippen LogP contribution is 2.20. The molecular formula is C15H11N5O6S. The lowest BCUT2D eigenvalue weighted by Crippen LogP contribution is -2.51. The summed E-state index contributed by atoms with van der Waals surface area (Å²) in [6.07, 6.45) is 0. The van der Waals surface area contributed by atoms with Crippen molar-refractivity contribution < 1.29 is 9.13 Å². The second-order valence-electron chi connectivity index (χ2n) is 5.24. The van der Waals surface area contributed by atoms with Crippen LogP contribution in [0.15, 0.2) is 72.7 Å². The number of nitrogens with zero attached hydrogens (tertiary/aromatic N) is 3. The van der Waals surface area contributed by atoms with Gasteiger partial charge in [-0.2, -0.15) is 4.68 Å². The summed E-state index contributed by atoms with van der Waals surface area (Å²) in [5, 5.41) is 10.7. The molecule has 1 unspecified atom stereocenters. The summed E-state index contributed by atoms with van der Waals surface area (Å²) in [7, 11) is -1.63. The summed E-state index contributed by atoms with van der Waals surface area (Å²) in [6, 6.07) is 10.8. The maximum absolute atomic E-state index is 12.5. The molecule has 0 aliphatic carbocycles. The van der Waals surface area contributed by atoms with E-state index < -0.39 is 32.8 Å². The predicted molar refractivity (Wildman–Crippen MR) is 94.8 cm³/mol. The smallest absolute Gasteiger partial charge is 0.331 e. The maximum atomic E-state index is 12.5. The number of benzene rings is 2. The summed E-state index contributed by atoms with van der Waals surface area (Å²) in [4.78, 5) is 47.9. The Kier molecular flexibility index (Phi) is 4.56. The van der Waals surface area contributed by atoms with E-state index in [0.29, 0.717) is 14.4 Å². The van der Waals surface area contributed by atoms with Gasteiger partial charge < -0.3 is 5.84 Å². The zero-order chi connectivity index (χ0) is 19.7. The minimum absolute atomic E-state index is 0.116. The highest BCUT2D eigenvalue weighted by atomic mass is 32.2. The number of aromatic nitrogens is 3. The number of nitrogen functional groups attached to an aromatic ring is 1. The molecular weight excluding hydrogens is 378 g/mol. The van der Waals surface area contributed by atoms with Gasteiger partial charge in [-0.15, -0.1) is 0 Å². The fraction of sp³-hybridized carbons (Fsp3) is 0. The first-order chi connectivity index (χ1) is 12.8. The lowest BCUT2D eigenvalue weighted by Gasteiger charge is -2.07. The third-order valence-electron chi connectivity index (χ3n) is 3.60. The SMILES string of the molecule is Nn1c(=O)[nH]c(=O)n(-c2ccc(S(=O)c3ccc([N+](=O)[O-])cc3)cc2)c1=O. The summed E-state index contributed by atoms with van der Waals surface area (Å²) in [6.45, 7) is 0. The lowest BCUT2D eigenvalue weighted by molar-refractivity contribution is -0.384. The Bertz CT molecular complexity index is 1220. The van der Waals surface area contributed by atoms with Crippen LogP contribution in [0.5, 0.6) is 0 Å². The molecule has 3 rings (SSSR count). The fourth-order valence-corrected chi connectivity index (χ4v) is 3.30. The third-order valence-corrected chi connectivity index (χ3v) is 5.00. The molecule has 0 saturated carbocycles. The van der Waals surface area contributed by atoms with Gasteiger partial charge in [-0.25, -0.2) is 23.2 Å². The monoisotopic (exact) mass is 389 g/mol. The Morgan fingerprint density at radius 3 is 1.96 bits per heavy atom. The predicted octanol–water partition coefficient (Wildman–Crippen LogP) is -0.524. The quantitative estimate of drug-likeness (QED) is 0.344. The van der Waals surface area contributed by atoms with E-state index in [0.717, 1.165) is 0 Å². The van der Waals surface area contributed by atoms with Crippen molar-refractivity contribution in [3.63, 3.8) is 0 Å². The van der Waals surface area contributed by atoms with E-state index in [9.17, 15) is 28.7 Å². The standard InChI is InChI=1S/C15H11N5O6S/c16-19-14(22)17-13(21)18(15(19)23)9-1-5-11(6-2-9)27(26)12-7-3-10(4-8-12)20(24)25/h1-8H,16H2,(H,17,21,22). The van der Waals surface area contributed by atoms with E-state index in [1.807, 2.05) is 4.98 Å². The van der Waals surface area contributed by atoms with Crippen LogP contribution < -0.4 is 22.9 Å². The van der Waals surface area contributed by atoms with Crippen LogP contribution in [0.2, 0.25) is 0 Å². The Balaban J connectivity index is 1.97. The molecule has 0 fully saturated rings. The number of hydrogen-bond donors (Lipinski definition) is 2. The molecule has 0 saturated heterocycles. The highest BCUT2D eigenvalue weighted by Gasteiger charge is 2.13. The van der Waals surface area contributed by atoms with Gasteiger partial charge in [0.05, 0.1) is 21.4 Å². The zero-order valence-electron chi connectivity index (χ0n) is 13.4. The van der Waals surface area contributed by atoms with Gasteiger partial charge in [-0.3, -0.25) is 15.1 Å². The first-order valence-electron chi connectivity index (χ1n) is 7.30. The second-order valence-corrected chi connectivity index (χ2v) is 6.72. The summed E-state index contributed by atoms with van der Waals surface area (Å²) in [5.74, 6) is 5.28. The number of nitrogens with two attached hydrogens (primary N) is 1. The molecule has 1 heterocycles. The van der Waals surface area contributed by atoms with E-state index in [1.165, 1.54) is 48.5 Å². The van der Waals surface area contributed by atoms with Crippen LogP contribution in [-0.2, 0) is 10.8 Å². The molecule has 3 aromatic rings. The van der Waals surface area contributed by atoms with Crippen molar-refractivity contribution in [1.29, 1.82) is 0 Å². The summed E-state index contributed by atoms with van der Waals surface area (Å²) < 4.78 is 13.5. The Hall–Kier alpha value is -3.80. The molecule has 1 aromatic heterocycles. The molecule has 0 aliphatic rings. The number of non-ortho nitro benzene ring substituents is 1. The minimum atomic E-state index is -1.63. The van der Waals surface area contributed by atoms with Crippen LogP contribution in [0.4, 0.5) is 5.69 Å². The van der Waals surface area contributed by atoms with Crippen LogP contribution in [0, 0.1) is 10.1 Å². The van der Waals surface area contributed by atoms with E-state index in [2.05, 4.69) is 0 Å². The Labute approximate surface area is 151 Å². The van der Waals surface area contributed by atoms with Gasteiger partial charge in [0.15, 0.2) is 0 Å². The van der Waals surface area contributed by atoms with Crippen LogP contribution >= 0.6 is 0 Å². The number of rotatable bonds is 4. The van der Waals surface area contributed by atoms with Gasteiger partial charge in [0, 0.05) is 21.9 Å². The molecule has 3 N–H and O–H groups in total. The Morgan fingerprint density at radius 2 is 1.44 bits per heavy atom. The number of nitro benzene ring substituents is 1. The van der Waals surface area contributed by atoms with E-state index in [1.54, 1.807) is 0 Å². The molecule has 12 heteroatoms. The average Bonchev–Trinajstić information content (AvgIpc) is 2.66. The second kappa shape index (κ2) is 6.84. The minimum Gasteiger partial charge on any atom is -0.331 e. The number of hydrogen-bond acceptors (Lipinski definition) is 7. The molecule has 27 heavy (non-hydrogen) atoms. The molecule has 0 bridgehead atoms. The topological polar surface area (TPSA) is 163 Å². The Morgan fingerprint density at radius 1 is 0.926 bits per heavy atom. The van der Waals surface area contributed by atoms with Gasteiger partial charge in [0.25, 0.3) is 5.69 Å². The number of nitrogens with one attached hydrogen (secondary N) is 1. The molecule has 0 aliphatic heterocycles. The van der Waals surface area contributed by atoms with Gasteiger partial charge in [0.1, 0.15) is 0 Å². The summed E-state index contributed by atoms with van der Waals surface area (Å²) >= 11 is 0. The van der Waals surface area contributed by atoms with Crippen molar-refractivity contribution in [3.05, 3.63) is 90.1 Å². The van der Waals surface area contributed by atoms with Crippen LogP contribution in [0.1, 0.15) is 0 Å². The van der Waals surface area contributed by atoms with Crippen LogP contribution in [0.3, 0.4) is 0 Å². The number of H-pyrrole nitrogens is 1. The molecule has 138 valence electrons. The van der Waals surface area contributed by atoms with Crippen molar-refractivity contribution >= 4 is 16.5 Å². The highest BCUT2D eigenvalue weighted by molar-refractivity contribution is 7.85. The van der Waals surface area contributed by atoms with Crippen molar-refractivity contribution in [2.45, 2.75) is 9.79 Å². The normalized spacial score (nSPS) is 11.9. The fourth-order valence-electron chi connectivity index (χ4n) is 2.26. The van der Waals surface area contributed by atoms with Gasteiger partial charge in [-0.1, -0.05) is 0 Å². The number of nitro groups is 1. The lowest BCUT2D eigenvalue weighted by atomic mass is 10.3. The molecule has 1 atom stereocenters. The largest absolute Gasteiger partial charge is 0.359 e. The first kappa shape index (κ1) is 18.0. The van der Waals surface area contributed by atoms with Crippen molar-refractivity contribution in [1.82, 2.24) is 14.2 Å². The van der Waals surface area contributed by atoms with E-state index >= 15 is 0 Å². The molecule has 11 nitrogen and oxygen atoms in total. The molecule has 0 radical (unpaired) electrons. The third kappa shape index (κ3) is 3.32. The van der Waals surface area contributed by atoms with Crippen molar-refractivity contribution in [2.24, 2.45) is 0 Å². The average molecular weight is 389 g/mol. The van der Waals surface area contributed by atoms with Gasteiger partial charge >= 0.3 is 17.1 Å². The van der Waals surface area contributed by atoms with Gasteiger partial charge in [0.2, 0.25) is 0 Å². The maximum Gasteiger partial charge on any atom is 0.359 e. The van der Waals surface area contributed by atoms with Crippen molar-refractivity contribution in [3.8, 4) is 5.69 Å². The first-order valence-corrected chi connectivity index (χ1v) is 8.44. The van der Waals surface area contributed by atoms with Crippen LogP contribution in [0.25, 0.3) is 5.69 Å². The number of aromatic amines is 1. The van der Waals surface area contributed by atoms with Gasteiger partial charge in [-0.05, 0) is 36.4 Å². The molecule has 0 amide bonds.